The number of hydrogen-bond donors (Lipinski definition) is 2. The van der Waals surface area contributed by atoms with Gasteiger partial charge in [-0.2, -0.15) is 0 Å². The van der Waals surface area contributed by atoms with Gasteiger partial charge < -0.3 is 15.1 Å². The van der Waals surface area contributed by atoms with Gasteiger partial charge in [-0.25, -0.2) is 4.79 Å². The van der Waals surface area contributed by atoms with Crippen molar-refractivity contribution in [3.05, 3.63) is 23.2 Å². The monoisotopic (exact) mass is 180 g/mol. The summed E-state index contributed by atoms with van der Waals surface area (Å²) >= 11 is 0. The second kappa shape index (κ2) is 2.80. The highest BCUT2D eigenvalue weighted by Crippen LogP contribution is 2.21. The van der Waals surface area contributed by atoms with Crippen LogP contribution in [0.25, 0.3) is 0 Å². The molecule has 0 saturated carbocycles. The van der Waals surface area contributed by atoms with Crippen LogP contribution in [0.4, 0.5) is 4.79 Å². The number of nitrogens with one attached hydrogen (secondary N) is 2. The van der Waals surface area contributed by atoms with Crippen molar-refractivity contribution in [3.8, 4) is 0 Å². The molecule has 2 heterocycles. The lowest BCUT2D eigenvalue weighted by Crippen LogP contribution is -2.21. The first-order valence-electron chi connectivity index (χ1n) is 4.28. The van der Waals surface area contributed by atoms with Crippen molar-refractivity contribution in [3.63, 3.8) is 0 Å². The molecule has 1 aromatic heterocycles. The number of amides is 2. The zero-order valence-electron chi connectivity index (χ0n) is 7.68. The predicted octanol–water partition coefficient (Wildman–Crippen LogP) is 1.25. The van der Waals surface area contributed by atoms with Gasteiger partial charge in [-0.1, -0.05) is 0 Å². The molecule has 0 aliphatic carbocycles. The van der Waals surface area contributed by atoms with E-state index in [9.17, 15) is 4.79 Å². The van der Waals surface area contributed by atoms with E-state index in [-0.39, 0.29) is 12.1 Å². The van der Waals surface area contributed by atoms with Crippen molar-refractivity contribution in [1.29, 1.82) is 0 Å². The fourth-order valence-electron chi connectivity index (χ4n) is 1.40. The molecule has 4 nitrogen and oxygen atoms in total. The fourth-order valence-corrected chi connectivity index (χ4v) is 1.40. The van der Waals surface area contributed by atoms with Crippen LogP contribution in [0.1, 0.15) is 23.1 Å². The van der Waals surface area contributed by atoms with Crippen LogP contribution in [-0.2, 0) is 0 Å². The van der Waals surface area contributed by atoms with Crippen LogP contribution >= 0.6 is 0 Å². The zero-order chi connectivity index (χ0) is 9.42. The maximum atomic E-state index is 10.9. The lowest BCUT2D eigenvalue weighted by molar-refractivity contribution is 0.247. The normalized spacial score (nSPS) is 21.4. The molecule has 1 aromatic rings. The molecular weight excluding hydrogens is 168 g/mol. The summed E-state index contributed by atoms with van der Waals surface area (Å²) in [6.45, 7) is 4.51. The number of furan rings is 1. The summed E-state index contributed by atoms with van der Waals surface area (Å²) < 4.78 is 5.49. The van der Waals surface area contributed by atoms with E-state index in [1.807, 2.05) is 19.9 Å². The molecule has 13 heavy (non-hydrogen) atoms. The second-order valence-corrected chi connectivity index (χ2v) is 3.29. The van der Waals surface area contributed by atoms with Gasteiger partial charge >= 0.3 is 6.03 Å². The van der Waals surface area contributed by atoms with Gasteiger partial charge in [-0.15, -0.1) is 0 Å². The molecule has 0 radical (unpaired) electrons. The van der Waals surface area contributed by atoms with Crippen LogP contribution in [0.5, 0.6) is 0 Å². The summed E-state index contributed by atoms with van der Waals surface area (Å²) in [5, 5.41) is 5.45. The molecule has 1 aliphatic heterocycles. The number of carbonyl (C=O) groups excluding carboxylic acids is 1. The third-order valence-electron chi connectivity index (χ3n) is 2.30. The molecule has 2 N–H and O–H groups in total. The molecule has 0 aromatic carbocycles. The summed E-state index contributed by atoms with van der Waals surface area (Å²) in [6, 6.07) is 1.82. The molecule has 1 fully saturated rings. The van der Waals surface area contributed by atoms with Gasteiger partial charge in [0.25, 0.3) is 0 Å². The quantitative estimate of drug-likeness (QED) is 0.683. The SMILES string of the molecule is Cc1cc(C2CNC(=O)N2)oc1C. The van der Waals surface area contributed by atoms with E-state index in [1.54, 1.807) is 0 Å². The molecule has 0 bridgehead atoms. The first kappa shape index (κ1) is 8.16. The zero-order valence-corrected chi connectivity index (χ0v) is 7.68. The third kappa shape index (κ3) is 1.39. The Morgan fingerprint density at radius 3 is 2.77 bits per heavy atom. The third-order valence-corrected chi connectivity index (χ3v) is 2.30. The maximum Gasteiger partial charge on any atom is 0.315 e. The molecule has 2 amide bonds. The van der Waals surface area contributed by atoms with Crippen molar-refractivity contribution in [2.45, 2.75) is 19.9 Å². The van der Waals surface area contributed by atoms with Gasteiger partial charge in [-0.05, 0) is 25.5 Å². The van der Waals surface area contributed by atoms with E-state index < -0.39 is 0 Å². The number of urea groups is 1. The number of carbonyl (C=O) groups is 1. The van der Waals surface area contributed by atoms with Gasteiger partial charge in [0.2, 0.25) is 0 Å². The molecule has 70 valence electrons. The van der Waals surface area contributed by atoms with Crippen molar-refractivity contribution < 1.29 is 9.21 Å². The highest BCUT2D eigenvalue weighted by atomic mass is 16.3. The van der Waals surface area contributed by atoms with Crippen molar-refractivity contribution in [2.75, 3.05) is 6.54 Å². The van der Waals surface area contributed by atoms with Gasteiger partial charge in [-0.3, -0.25) is 0 Å². The molecule has 1 saturated heterocycles. The average Bonchev–Trinajstić information content (AvgIpc) is 2.61. The van der Waals surface area contributed by atoms with Gasteiger partial charge in [0, 0.05) is 6.54 Å². The van der Waals surface area contributed by atoms with E-state index in [4.69, 9.17) is 4.42 Å². The van der Waals surface area contributed by atoms with Crippen LogP contribution in [-0.4, -0.2) is 12.6 Å². The molecule has 1 unspecified atom stereocenters. The summed E-state index contributed by atoms with van der Waals surface area (Å²) in [5.41, 5.74) is 1.12. The fraction of sp³-hybridized carbons (Fsp3) is 0.444. The summed E-state index contributed by atoms with van der Waals surface area (Å²) in [4.78, 5) is 10.9. The van der Waals surface area contributed by atoms with E-state index >= 15 is 0 Å². The largest absolute Gasteiger partial charge is 0.464 e. The number of hydrogen-bond acceptors (Lipinski definition) is 2. The Morgan fingerprint density at radius 2 is 2.31 bits per heavy atom. The minimum Gasteiger partial charge on any atom is -0.464 e. The highest BCUT2D eigenvalue weighted by Gasteiger charge is 2.24. The summed E-state index contributed by atoms with van der Waals surface area (Å²) in [7, 11) is 0. The van der Waals surface area contributed by atoms with Gasteiger partial charge in [0.15, 0.2) is 0 Å². The van der Waals surface area contributed by atoms with E-state index in [0.29, 0.717) is 6.54 Å². The molecule has 1 aliphatic rings. The summed E-state index contributed by atoms with van der Waals surface area (Å²) in [5.74, 6) is 1.74. The van der Waals surface area contributed by atoms with Crippen LogP contribution in [0, 0.1) is 13.8 Å². The first-order valence-corrected chi connectivity index (χ1v) is 4.28. The Labute approximate surface area is 76.3 Å². The molecular formula is C9H12N2O2. The minimum absolute atomic E-state index is 0.0140. The van der Waals surface area contributed by atoms with Crippen LogP contribution in [0.3, 0.4) is 0 Å². The Bertz CT molecular complexity index is 324. The predicted molar refractivity (Wildman–Crippen MR) is 47.5 cm³/mol. The minimum atomic E-state index is -0.128. The van der Waals surface area contributed by atoms with Crippen molar-refractivity contribution in [1.82, 2.24) is 10.6 Å². The Balaban J connectivity index is 2.21. The first-order chi connectivity index (χ1) is 6.16. The van der Waals surface area contributed by atoms with Crippen molar-refractivity contribution >= 4 is 6.03 Å². The smallest absolute Gasteiger partial charge is 0.315 e. The Morgan fingerprint density at radius 1 is 1.54 bits per heavy atom. The molecule has 0 spiro atoms. The van der Waals surface area contributed by atoms with E-state index in [0.717, 1.165) is 17.1 Å². The molecule has 4 heteroatoms. The van der Waals surface area contributed by atoms with Gasteiger partial charge in [0.1, 0.15) is 17.6 Å². The Kier molecular flexibility index (Phi) is 1.76. The topological polar surface area (TPSA) is 54.3 Å². The highest BCUT2D eigenvalue weighted by molar-refractivity contribution is 5.76. The number of rotatable bonds is 1. The lowest BCUT2D eigenvalue weighted by atomic mass is 10.2. The standard InChI is InChI=1S/C9H12N2O2/c1-5-3-8(13-6(5)2)7-4-10-9(12)11-7/h3,7H,4H2,1-2H3,(H2,10,11,12). The Hall–Kier alpha value is -1.45. The molecule has 1 atom stereocenters. The second-order valence-electron chi connectivity index (χ2n) is 3.29. The van der Waals surface area contributed by atoms with Crippen LogP contribution in [0.15, 0.2) is 10.5 Å². The summed E-state index contributed by atoms with van der Waals surface area (Å²) in [6.07, 6.45) is 0. The van der Waals surface area contributed by atoms with Gasteiger partial charge in [0.05, 0.1) is 0 Å². The molecule has 2 rings (SSSR count). The van der Waals surface area contributed by atoms with E-state index in [1.165, 1.54) is 0 Å². The van der Waals surface area contributed by atoms with E-state index in [2.05, 4.69) is 10.6 Å². The average molecular weight is 180 g/mol. The van der Waals surface area contributed by atoms with Crippen LogP contribution < -0.4 is 10.6 Å². The number of aryl methyl sites for hydroxylation is 2. The maximum absolute atomic E-state index is 10.9. The lowest BCUT2D eigenvalue weighted by Gasteiger charge is -2.02. The van der Waals surface area contributed by atoms with Crippen molar-refractivity contribution in [2.24, 2.45) is 0 Å². The van der Waals surface area contributed by atoms with Crippen LogP contribution in [0.2, 0.25) is 0 Å².